The van der Waals surface area contributed by atoms with Crippen molar-refractivity contribution in [3.8, 4) is 0 Å². The van der Waals surface area contributed by atoms with E-state index in [2.05, 4.69) is 5.32 Å². The van der Waals surface area contributed by atoms with Crippen LogP contribution in [0.3, 0.4) is 0 Å². The van der Waals surface area contributed by atoms with Gasteiger partial charge in [-0.05, 0) is 50.8 Å². The molecule has 0 aliphatic heterocycles. The van der Waals surface area contributed by atoms with E-state index in [0.717, 1.165) is 45.7 Å². The van der Waals surface area contributed by atoms with Gasteiger partial charge < -0.3 is 10.2 Å². The largest absolute Gasteiger partial charge is 0.354 e. The third-order valence-corrected chi connectivity index (χ3v) is 6.95. The predicted molar refractivity (Wildman–Crippen MR) is 137 cm³/mol. The lowest BCUT2D eigenvalue weighted by Gasteiger charge is -2.32. The molecule has 2 aromatic carbocycles. The zero-order valence-corrected chi connectivity index (χ0v) is 21.9. The first-order valence-corrected chi connectivity index (χ1v) is 13.5. The minimum Gasteiger partial charge on any atom is -0.354 e. The molecule has 34 heavy (non-hydrogen) atoms. The second-order valence-corrected chi connectivity index (χ2v) is 10.7. The Balaban J connectivity index is 2.39. The molecular formula is C26H37N3O4S. The van der Waals surface area contributed by atoms with Gasteiger partial charge in [0.15, 0.2) is 0 Å². The lowest BCUT2D eigenvalue weighted by atomic mass is 10.1. The van der Waals surface area contributed by atoms with E-state index in [1.807, 2.05) is 70.2 Å². The second kappa shape index (κ2) is 12.0. The van der Waals surface area contributed by atoms with Crippen molar-refractivity contribution < 1.29 is 18.0 Å². The van der Waals surface area contributed by atoms with Gasteiger partial charge in [0.1, 0.15) is 12.6 Å². The molecule has 0 unspecified atom stereocenters. The van der Waals surface area contributed by atoms with Crippen molar-refractivity contribution >= 4 is 27.5 Å². The van der Waals surface area contributed by atoms with E-state index in [0.29, 0.717) is 12.2 Å². The summed E-state index contributed by atoms with van der Waals surface area (Å²) in [5, 5.41) is 2.88. The summed E-state index contributed by atoms with van der Waals surface area (Å²) >= 11 is 0. The molecule has 0 aliphatic rings. The maximum Gasteiger partial charge on any atom is 0.244 e. The lowest BCUT2D eigenvalue weighted by molar-refractivity contribution is -0.139. The number of hydrogen-bond donors (Lipinski definition) is 1. The normalized spacial score (nSPS) is 12.2. The molecule has 0 aliphatic carbocycles. The van der Waals surface area contributed by atoms with Gasteiger partial charge >= 0.3 is 0 Å². The molecule has 1 N–H and O–H groups in total. The van der Waals surface area contributed by atoms with E-state index in [9.17, 15) is 18.0 Å². The molecule has 2 aromatic rings. The molecule has 1 atom stereocenters. The predicted octanol–water partition coefficient (Wildman–Crippen LogP) is 3.71. The highest BCUT2D eigenvalue weighted by Gasteiger charge is 2.31. The number of aryl methyl sites for hydroxylation is 3. The summed E-state index contributed by atoms with van der Waals surface area (Å²) < 4.78 is 26.6. The summed E-state index contributed by atoms with van der Waals surface area (Å²) in [5.74, 6) is -0.696. The SMILES string of the molecule is CCCCNC(=O)[C@H](C)N(Cc1ccc(C)cc1)C(=O)CN(c1c(C)cccc1C)S(C)(=O)=O. The zero-order chi connectivity index (χ0) is 25.5. The first-order valence-electron chi connectivity index (χ1n) is 11.6. The highest BCUT2D eigenvalue weighted by Crippen LogP contribution is 2.27. The van der Waals surface area contributed by atoms with Crippen LogP contribution in [0, 0.1) is 20.8 Å². The number of hydrogen-bond acceptors (Lipinski definition) is 4. The zero-order valence-electron chi connectivity index (χ0n) is 21.1. The Kier molecular flexibility index (Phi) is 9.67. The molecule has 7 nitrogen and oxygen atoms in total. The average Bonchev–Trinajstić information content (AvgIpc) is 2.76. The molecule has 0 spiro atoms. The molecule has 0 fully saturated rings. The Labute approximate surface area is 204 Å². The van der Waals surface area contributed by atoms with E-state index in [1.54, 1.807) is 6.92 Å². The van der Waals surface area contributed by atoms with Gasteiger partial charge in [-0.3, -0.25) is 13.9 Å². The summed E-state index contributed by atoms with van der Waals surface area (Å²) in [5.41, 5.74) is 3.96. The van der Waals surface area contributed by atoms with Gasteiger partial charge in [-0.15, -0.1) is 0 Å². The minimum absolute atomic E-state index is 0.200. The number of carbonyl (C=O) groups excluding carboxylic acids is 2. The summed E-state index contributed by atoms with van der Waals surface area (Å²) in [4.78, 5) is 27.9. The van der Waals surface area contributed by atoms with E-state index in [-0.39, 0.29) is 19.0 Å². The third kappa shape index (κ3) is 7.32. The van der Waals surface area contributed by atoms with Crippen LogP contribution in [0.15, 0.2) is 42.5 Å². The van der Waals surface area contributed by atoms with Crippen molar-refractivity contribution in [3.05, 3.63) is 64.7 Å². The summed E-state index contributed by atoms with van der Waals surface area (Å²) in [6.45, 7) is 9.68. The van der Waals surface area contributed by atoms with Gasteiger partial charge in [-0.25, -0.2) is 8.42 Å². The van der Waals surface area contributed by atoms with Crippen LogP contribution in [0.4, 0.5) is 5.69 Å². The smallest absolute Gasteiger partial charge is 0.244 e. The topological polar surface area (TPSA) is 86.8 Å². The molecule has 8 heteroatoms. The fourth-order valence-electron chi connectivity index (χ4n) is 3.78. The first-order chi connectivity index (χ1) is 16.0. The third-order valence-electron chi connectivity index (χ3n) is 5.84. The highest BCUT2D eigenvalue weighted by molar-refractivity contribution is 7.92. The monoisotopic (exact) mass is 487 g/mol. The molecule has 2 rings (SSSR count). The van der Waals surface area contributed by atoms with Crippen molar-refractivity contribution in [3.63, 3.8) is 0 Å². The van der Waals surface area contributed by atoms with Gasteiger partial charge in [0, 0.05) is 13.1 Å². The summed E-state index contributed by atoms with van der Waals surface area (Å²) in [6.07, 6.45) is 2.88. The molecule has 0 heterocycles. The number of nitrogens with one attached hydrogen (secondary N) is 1. The number of rotatable bonds is 11. The van der Waals surface area contributed by atoms with E-state index >= 15 is 0 Å². The standard InChI is InChI=1S/C26H37N3O4S/c1-7-8-16-27-26(31)22(5)28(17-23-14-12-19(2)13-15-23)24(30)18-29(34(6,32)33)25-20(3)10-9-11-21(25)4/h9-15,22H,7-8,16-18H2,1-6H3,(H,27,31)/t22-/m0/s1. The van der Waals surface area contributed by atoms with Crippen LogP contribution in [0.25, 0.3) is 0 Å². The van der Waals surface area contributed by atoms with Gasteiger partial charge in [0.2, 0.25) is 21.8 Å². The van der Waals surface area contributed by atoms with Crippen molar-refractivity contribution in [1.82, 2.24) is 10.2 Å². The number of nitrogens with zero attached hydrogens (tertiary/aromatic N) is 2. The molecular weight excluding hydrogens is 450 g/mol. The van der Waals surface area contributed by atoms with Crippen molar-refractivity contribution in [2.75, 3.05) is 23.7 Å². The van der Waals surface area contributed by atoms with E-state index in [4.69, 9.17) is 0 Å². The van der Waals surface area contributed by atoms with Crippen LogP contribution in [0.2, 0.25) is 0 Å². The molecule has 0 bridgehead atoms. The lowest BCUT2D eigenvalue weighted by Crippen LogP contribution is -2.51. The average molecular weight is 488 g/mol. The van der Waals surface area contributed by atoms with Crippen LogP contribution < -0.4 is 9.62 Å². The van der Waals surface area contributed by atoms with E-state index in [1.165, 1.54) is 4.90 Å². The van der Waals surface area contributed by atoms with E-state index < -0.39 is 22.0 Å². The fraction of sp³-hybridized carbons (Fsp3) is 0.462. The Bertz CT molecular complexity index is 1080. The molecule has 0 radical (unpaired) electrons. The molecule has 0 saturated heterocycles. The maximum atomic E-state index is 13.6. The second-order valence-electron chi connectivity index (χ2n) is 8.84. The number of sulfonamides is 1. The van der Waals surface area contributed by atoms with Crippen LogP contribution >= 0.6 is 0 Å². The summed E-state index contributed by atoms with van der Waals surface area (Å²) in [7, 11) is -3.75. The number of carbonyl (C=O) groups is 2. The highest BCUT2D eigenvalue weighted by atomic mass is 32.2. The Hall–Kier alpha value is -2.87. The fourth-order valence-corrected chi connectivity index (χ4v) is 4.75. The number of unbranched alkanes of at least 4 members (excludes halogenated alkanes) is 1. The van der Waals surface area contributed by atoms with Gasteiger partial charge in [-0.1, -0.05) is 61.4 Å². The molecule has 0 saturated carbocycles. The maximum absolute atomic E-state index is 13.6. The number of benzene rings is 2. The van der Waals surface area contributed by atoms with Crippen LogP contribution in [0.1, 0.15) is 48.9 Å². The molecule has 186 valence electrons. The quantitative estimate of drug-likeness (QED) is 0.490. The number of para-hydroxylation sites is 1. The van der Waals surface area contributed by atoms with Crippen LogP contribution in [-0.2, 0) is 26.2 Å². The van der Waals surface area contributed by atoms with Gasteiger partial charge in [-0.2, -0.15) is 0 Å². The number of anilines is 1. The van der Waals surface area contributed by atoms with Crippen LogP contribution in [-0.4, -0.2) is 50.5 Å². The minimum atomic E-state index is -3.75. The molecule has 2 amide bonds. The first kappa shape index (κ1) is 27.4. The Morgan fingerprint density at radius 1 is 1.00 bits per heavy atom. The van der Waals surface area contributed by atoms with Gasteiger partial charge in [0.25, 0.3) is 0 Å². The van der Waals surface area contributed by atoms with Crippen LogP contribution in [0.5, 0.6) is 0 Å². The summed E-state index contributed by atoms with van der Waals surface area (Å²) in [6, 6.07) is 12.5. The molecule has 0 aromatic heterocycles. The van der Waals surface area contributed by atoms with Gasteiger partial charge in [0.05, 0.1) is 11.9 Å². The van der Waals surface area contributed by atoms with Crippen molar-refractivity contribution in [2.45, 2.75) is 60.0 Å². The Morgan fingerprint density at radius 3 is 2.12 bits per heavy atom. The van der Waals surface area contributed by atoms with Crippen molar-refractivity contribution in [1.29, 1.82) is 0 Å². The van der Waals surface area contributed by atoms with Crippen molar-refractivity contribution in [2.24, 2.45) is 0 Å². The number of amides is 2. The Morgan fingerprint density at radius 2 is 1.59 bits per heavy atom.